The topological polar surface area (TPSA) is 102 Å². The third-order valence-corrected chi connectivity index (χ3v) is 5.46. The van der Waals surface area contributed by atoms with E-state index in [1.54, 1.807) is 42.5 Å². The van der Waals surface area contributed by atoms with E-state index in [-0.39, 0.29) is 5.75 Å². The largest absolute Gasteiger partial charge is 0.507 e. The van der Waals surface area contributed by atoms with Gasteiger partial charge < -0.3 is 10.8 Å². The highest BCUT2D eigenvalue weighted by molar-refractivity contribution is 5.93. The molecule has 6 heteroatoms. The van der Waals surface area contributed by atoms with Crippen molar-refractivity contribution in [1.29, 1.82) is 0 Å². The molecule has 0 spiro atoms. The zero-order chi connectivity index (χ0) is 23.5. The van der Waals surface area contributed by atoms with Gasteiger partial charge in [-0.05, 0) is 35.4 Å². The van der Waals surface area contributed by atoms with Crippen LogP contribution in [0.2, 0.25) is 0 Å². The summed E-state index contributed by atoms with van der Waals surface area (Å²) < 4.78 is 0. The predicted molar refractivity (Wildman–Crippen MR) is 132 cm³/mol. The molecule has 1 aromatic heterocycles. The average Bonchev–Trinajstić information content (AvgIpc) is 2.89. The van der Waals surface area contributed by atoms with E-state index in [0.29, 0.717) is 34.2 Å². The first kappa shape index (κ1) is 21.0. The number of para-hydroxylation sites is 1. The van der Waals surface area contributed by atoms with Crippen LogP contribution in [0.5, 0.6) is 5.75 Å². The molecule has 0 aliphatic carbocycles. The molecule has 6 nitrogen and oxygen atoms in total. The first-order valence-electron chi connectivity index (χ1n) is 10.7. The van der Waals surface area contributed by atoms with Gasteiger partial charge in [-0.3, -0.25) is 4.79 Å². The Morgan fingerprint density at radius 3 is 1.62 bits per heavy atom. The maximum atomic E-state index is 11.4. The van der Waals surface area contributed by atoms with Crippen molar-refractivity contribution in [2.24, 2.45) is 5.73 Å². The second-order valence-electron chi connectivity index (χ2n) is 7.71. The van der Waals surface area contributed by atoms with Crippen LogP contribution in [-0.4, -0.2) is 26.0 Å². The number of rotatable bonds is 5. The number of primary amides is 1. The number of hydrogen-bond donors (Lipinski definition) is 2. The van der Waals surface area contributed by atoms with Crippen molar-refractivity contribution < 1.29 is 9.90 Å². The van der Waals surface area contributed by atoms with Crippen LogP contribution in [-0.2, 0) is 0 Å². The van der Waals surface area contributed by atoms with Crippen molar-refractivity contribution in [3.8, 4) is 51.0 Å². The van der Waals surface area contributed by atoms with Crippen LogP contribution in [0.15, 0.2) is 103 Å². The van der Waals surface area contributed by atoms with Crippen LogP contribution in [0.25, 0.3) is 45.3 Å². The van der Waals surface area contributed by atoms with Gasteiger partial charge in [-0.15, -0.1) is 0 Å². The molecule has 0 saturated heterocycles. The number of aromatic hydroxyl groups is 1. The highest BCUT2D eigenvalue weighted by atomic mass is 16.3. The molecule has 0 aliphatic rings. The van der Waals surface area contributed by atoms with Gasteiger partial charge in [0, 0.05) is 16.7 Å². The van der Waals surface area contributed by atoms with Crippen molar-refractivity contribution in [3.63, 3.8) is 0 Å². The van der Waals surface area contributed by atoms with Crippen LogP contribution in [0.3, 0.4) is 0 Å². The lowest BCUT2D eigenvalue weighted by molar-refractivity contribution is 0.100. The van der Waals surface area contributed by atoms with Gasteiger partial charge in [-0.1, -0.05) is 78.9 Å². The van der Waals surface area contributed by atoms with Crippen molar-refractivity contribution in [3.05, 3.63) is 109 Å². The van der Waals surface area contributed by atoms with Gasteiger partial charge in [-0.2, -0.15) is 0 Å². The van der Waals surface area contributed by atoms with Crippen molar-refractivity contribution in [1.82, 2.24) is 15.0 Å². The number of hydrogen-bond acceptors (Lipinski definition) is 5. The first-order chi connectivity index (χ1) is 16.6. The Balaban J connectivity index is 1.61. The monoisotopic (exact) mass is 444 g/mol. The maximum Gasteiger partial charge on any atom is 0.248 e. The zero-order valence-corrected chi connectivity index (χ0v) is 18.1. The number of carbonyl (C=O) groups excluding carboxylic acids is 1. The third-order valence-electron chi connectivity index (χ3n) is 5.46. The smallest absolute Gasteiger partial charge is 0.248 e. The minimum Gasteiger partial charge on any atom is -0.507 e. The van der Waals surface area contributed by atoms with Gasteiger partial charge in [0.15, 0.2) is 17.5 Å². The summed E-state index contributed by atoms with van der Waals surface area (Å²) in [5.74, 6) is 0.822. The van der Waals surface area contributed by atoms with E-state index in [4.69, 9.17) is 5.73 Å². The molecule has 5 rings (SSSR count). The lowest BCUT2D eigenvalue weighted by atomic mass is 10.0. The predicted octanol–water partition coefficient (Wildman–Crippen LogP) is 5.34. The fraction of sp³-hybridized carbons (Fsp3) is 0. The van der Waals surface area contributed by atoms with Crippen LogP contribution in [0.4, 0.5) is 0 Å². The molecule has 0 aliphatic heterocycles. The summed E-state index contributed by atoms with van der Waals surface area (Å²) >= 11 is 0. The van der Waals surface area contributed by atoms with Crippen LogP contribution in [0, 0.1) is 0 Å². The average molecular weight is 444 g/mol. The fourth-order valence-electron chi connectivity index (χ4n) is 3.64. The molecule has 164 valence electrons. The second-order valence-corrected chi connectivity index (χ2v) is 7.71. The molecule has 5 aromatic rings. The maximum absolute atomic E-state index is 11.4. The van der Waals surface area contributed by atoms with E-state index in [1.165, 1.54) is 0 Å². The summed E-state index contributed by atoms with van der Waals surface area (Å²) in [7, 11) is 0. The molecule has 34 heavy (non-hydrogen) atoms. The second kappa shape index (κ2) is 8.96. The summed E-state index contributed by atoms with van der Waals surface area (Å²) in [4.78, 5) is 25.4. The van der Waals surface area contributed by atoms with Crippen LogP contribution >= 0.6 is 0 Å². The van der Waals surface area contributed by atoms with Gasteiger partial charge in [0.05, 0.1) is 5.56 Å². The SMILES string of the molecule is NC(=O)c1ccc(-c2nc(-c3ccc(-c4ccccc4)cc3)nc(-c3ccccc3O)n2)cc1. The van der Waals surface area contributed by atoms with Crippen LogP contribution in [0.1, 0.15) is 10.4 Å². The highest BCUT2D eigenvalue weighted by Gasteiger charge is 2.15. The van der Waals surface area contributed by atoms with Gasteiger partial charge in [-0.25, -0.2) is 15.0 Å². The van der Waals surface area contributed by atoms with E-state index in [0.717, 1.165) is 16.7 Å². The van der Waals surface area contributed by atoms with Crippen LogP contribution < -0.4 is 5.73 Å². The molecule has 0 bridgehead atoms. The Labute approximate surface area is 196 Å². The minimum atomic E-state index is -0.503. The van der Waals surface area contributed by atoms with E-state index in [2.05, 4.69) is 27.1 Å². The molecule has 3 N–H and O–H groups in total. The van der Waals surface area contributed by atoms with Gasteiger partial charge >= 0.3 is 0 Å². The highest BCUT2D eigenvalue weighted by Crippen LogP contribution is 2.30. The molecular formula is C28H20N4O2. The molecule has 1 amide bonds. The van der Waals surface area contributed by atoms with E-state index in [9.17, 15) is 9.90 Å². The van der Waals surface area contributed by atoms with Gasteiger partial charge in [0.1, 0.15) is 5.75 Å². The normalized spacial score (nSPS) is 10.7. The number of aromatic nitrogens is 3. The standard InChI is InChI=1S/C28H20N4O2/c29-25(34)20-12-16-22(17-13-20)27-30-26(31-28(32-27)23-8-4-5-9-24(23)33)21-14-10-19(11-15-21)18-6-2-1-3-7-18/h1-17,33H,(H2,29,34). The number of phenols is 1. The molecule has 4 aromatic carbocycles. The molecule has 0 unspecified atom stereocenters. The first-order valence-corrected chi connectivity index (χ1v) is 10.7. The summed E-state index contributed by atoms with van der Waals surface area (Å²) in [6.45, 7) is 0. The number of carbonyl (C=O) groups is 1. The Hall–Kier alpha value is -4.84. The quantitative estimate of drug-likeness (QED) is 0.381. The van der Waals surface area contributed by atoms with Crippen molar-refractivity contribution in [2.75, 3.05) is 0 Å². The zero-order valence-electron chi connectivity index (χ0n) is 18.1. The van der Waals surface area contributed by atoms with Gasteiger partial charge in [0.25, 0.3) is 0 Å². The Morgan fingerprint density at radius 1 is 0.559 bits per heavy atom. The van der Waals surface area contributed by atoms with E-state index < -0.39 is 5.91 Å². The number of phenolic OH excluding ortho intramolecular Hbond substituents is 1. The van der Waals surface area contributed by atoms with E-state index in [1.807, 2.05) is 48.5 Å². The number of benzene rings is 4. The summed E-state index contributed by atoms with van der Waals surface area (Å²) in [5, 5.41) is 10.4. The summed E-state index contributed by atoms with van der Waals surface area (Å²) in [5.41, 5.74) is 9.99. The summed E-state index contributed by atoms with van der Waals surface area (Å²) in [6, 6.07) is 31.7. The lowest BCUT2D eigenvalue weighted by Crippen LogP contribution is -2.10. The Bertz CT molecular complexity index is 1470. The Morgan fingerprint density at radius 2 is 1.03 bits per heavy atom. The summed E-state index contributed by atoms with van der Waals surface area (Å²) in [6.07, 6.45) is 0. The number of nitrogens with two attached hydrogens (primary N) is 1. The van der Waals surface area contributed by atoms with Crippen molar-refractivity contribution in [2.45, 2.75) is 0 Å². The molecular weight excluding hydrogens is 424 g/mol. The van der Waals surface area contributed by atoms with Gasteiger partial charge in [0.2, 0.25) is 5.91 Å². The molecule has 0 radical (unpaired) electrons. The number of amides is 1. The lowest BCUT2D eigenvalue weighted by Gasteiger charge is -2.10. The molecule has 1 heterocycles. The molecule has 0 fully saturated rings. The molecule has 0 saturated carbocycles. The fourth-order valence-corrected chi connectivity index (χ4v) is 3.64. The third kappa shape index (κ3) is 4.25. The number of nitrogens with zero attached hydrogens (tertiary/aromatic N) is 3. The Kier molecular flexibility index (Phi) is 5.54. The van der Waals surface area contributed by atoms with Crippen molar-refractivity contribution >= 4 is 5.91 Å². The van der Waals surface area contributed by atoms with E-state index >= 15 is 0 Å². The minimum absolute atomic E-state index is 0.0779. The molecule has 0 atom stereocenters.